The molecule has 40 heavy (non-hydrogen) atoms. The van der Waals surface area contributed by atoms with Crippen LogP contribution in [0.25, 0.3) is 33.4 Å². The van der Waals surface area contributed by atoms with Crippen LogP contribution in [0.3, 0.4) is 0 Å². The van der Waals surface area contributed by atoms with Gasteiger partial charge in [-0.05, 0) is 30.5 Å². The van der Waals surface area contributed by atoms with Gasteiger partial charge in [0.15, 0.2) is 0 Å². The number of benzene rings is 1. The van der Waals surface area contributed by atoms with Crippen LogP contribution in [0.15, 0.2) is 61.2 Å². The average Bonchev–Trinajstić information content (AvgIpc) is 3.57. The van der Waals surface area contributed by atoms with Crippen molar-refractivity contribution in [3.63, 3.8) is 0 Å². The smallest absolute Gasteiger partial charge is 0.222 e. The maximum Gasteiger partial charge on any atom is 0.222 e. The number of carbonyl (C=O) groups excluding carboxylic acids is 1. The molecule has 0 bridgehead atoms. The van der Waals surface area contributed by atoms with E-state index in [1.165, 1.54) is 6.33 Å². The Morgan fingerprint density at radius 2 is 1.77 bits per heavy atom. The highest BCUT2D eigenvalue weighted by atomic mass is 16.5. The molecule has 1 aromatic carbocycles. The van der Waals surface area contributed by atoms with Crippen LogP contribution in [-0.4, -0.2) is 60.3 Å². The monoisotopic (exact) mass is 538 g/mol. The number of fused-ring (bicyclic) bond motifs is 1. The Labute approximate surface area is 231 Å². The summed E-state index contributed by atoms with van der Waals surface area (Å²) in [5.74, 6) is 2.09. The van der Waals surface area contributed by atoms with Crippen LogP contribution in [0.2, 0.25) is 0 Å². The van der Waals surface area contributed by atoms with Crippen molar-refractivity contribution in [3.8, 4) is 39.9 Å². The maximum atomic E-state index is 11.8. The molecule has 1 aliphatic heterocycles. The van der Waals surface area contributed by atoms with Crippen LogP contribution in [0, 0.1) is 0 Å². The van der Waals surface area contributed by atoms with E-state index in [-0.39, 0.29) is 11.9 Å². The fourth-order valence-electron chi connectivity index (χ4n) is 5.38. The van der Waals surface area contributed by atoms with Gasteiger partial charge in [0.2, 0.25) is 17.7 Å². The van der Waals surface area contributed by atoms with Gasteiger partial charge in [-0.2, -0.15) is 10.1 Å². The van der Waals surface area contributed by atoms with Gasteiger partial charge in [0, 0.05) is 56.5 Å². The van der Waals surface area contributed by atoms with Gasteiger partial charge in [0.1, 0.15) is 23.5 Å². The first kappa shape index (κ1) is 25.4. The van der Waals surface area contributed by atoms with Crippen molar-refractivity contribution < 1.29 is 14.3 Å². The normalized spacial score (nSPS) is 14.0. The van der Waals surface area contributed by atoms with Crippen molar-refractivity contribution >= 4 is 22.8 Å². The van der Waals surface area contributed by atoms with Crippen molar-refractivity contribution in [2.45, 2.75) is 25.8 Å². The minimum atomic E-state index is 0.120. The zero-order chi connectivity index (χ0) is 27.8. The van der Waals surface area contributed by atoms with E-state index in [2.05, 4.69) is 21.1 Å². The Kier molecular flexibility index (Phi) is 6.54. The number of nitrogen functional groups attached to an aromatic ring is 1. The molecule has 2 N–H and O–H groups in total. The standard InChI is InChI=1S/C29H30N8O3/c1-18(38)36-13-11-21(12-14-36)37-16-20(15-33-37)27-25(26-28(30)31-17-32-29(26)35(27)2)19-7-9-22(10-8-19)40-24-6-4-5-23(34-24)39-3/h4-10,15-17,21H,11-14H2,1-3H3,(H2,30,31,32). The van der Waals surface area contributed by atoms with E-state index in [4.69, 9.17) is 20.3 Å². The van der Waals surface area contributed by atoms with E-state index in [9.17, 15) is 4.79 Å². The number of anilines is 1. The van der Waals surface area contributed by atoms with E-state index in [0.717, 1.165) is 59.3 Å². The first-order valence-corrected chi connectivity index (χ1v) is 13.1. The number of pyridine rings is 1. The molecule has 1 aliphatic rings. The van der Waals surface area contributed by atoms with Crippen LogP contribution in [0.1, 0.15) is 25.8 Å². The van der Waals surface area contributed by atoms with Gasteiger partial charge in [-0.1, -0.05) is 18.2 Å². The second-order valence-electron chi connectivity index (χ2n) is 9.83. The van der Waals surface area contributed by atoms with Gasteiger partial charge >= 0.3 is 0 Å². The lowest BCUT2D eigenvalue weighted by atomic mass is 10.00. The molecule has 1 amide bonds. The highest BCUT2D eigenvalue weighted by Crippen LogP contribution is 2.42. The Hall–Kier alpha value is -4.93. The average molecular weight is 539 g/mol. The summed E-state index contributed by atoms with van der Waals surface area (Å²) in [6, 6.07) is 13.4. The number of aromatic nitrogens is 6. The number of likely N-dealkylation sites (tertiary alicyclic amines) is 1. The number of hydrogen-bond acceptors (Lipinski definition) is 8. The zero-order valence-electron chi connectivity index (χ0n) is 22.6. The molecule has 4 aromatic heterocycles. The number of piperidine rings is 1. The predicted octanol–water partition coefficient (Wildman–Crippen LogP) is 4.46. The molecule has 0 atom stereocenters. The van der Waals surface area contributed by atoms with Gasteiger partial charge in [0.05, 0.1) is 30.4 Å². The number of methoxy groups -OCH3 is 1. The molecule has 204 valence electrons. The number of carbonyl (C=O) groups is 1. The molecular weight excluding hydrogens is 508 g/mol. The number of ether oxygens (including phenoxy) is 2. The quantitative estimate of drug-likeness (QED) is 0.336. The molecule has 0 aliphatic carbocycles. The van der Waals surface area contributed by atoms with Crippen molar-refractivity contribution in [2.75, 3.05) is 25.9 Å². The van der Waals surface area contributed by atoms with E-state index in [0.29, 0.717) is 23.3 Å². The minimum absolute atomic E-state index is 0.120. The predicted molar refractivity (Wildman–Crippen MR) is 151 cm³/mol. The summed E-state index contributed by atoms with van der Waals surface area (Å²) >= 11 is 0. The summed E-state index contributed by atoms with van der Waals surface area (Å²) in [5, 5.41) is 5.51. The maximum absolute atomic E-state index is 11.8. The molecule has 1 saturated heterocycles. The number of aryl methyl sites for hydroxylation is 1. The molecule has 11 nitrogen and oxygen atoms in total. The highest BCUT2D eigenvalue weighted by molar-refractivity contribution is 6.07. The lowest BCUT2D eigenvalue weighted by molar-refractivity contribution is -0.130. The first-order valence-electron chi connectivity index (χ1n) is 13.1. The van der Waals surface area contributed by atoms with Crippen LogP contribution in [0.5, 0.6) is 17.5 Å². The molecule has 1 fully saturated rings. The van der Waals surface area contributed by atoms with Gasteiger partial charge in [-0.3, -0.25) is 9.48 Å². The largest absolute Gasteiger partial charge is 0.481 e. The Bertz CT molecular complexity index is 1680. The lowest BCUT2D eigenvalue weighted by Crippen LogP contribution is -2.37. The fourth-order valence-corrected chi connectivity index (χ4v) is 5.38. The van der Waals surface area contributed by atoms with Gasteiger partial charge in [-0.25, -0.2) is 9.97 Å². The lowest BCUT2D eigenvalue weighted by Gasteiger charge is -2.31. The van der Waals surface area contributed by atoms with Gasteiger partial charge in [0.25, 0.3) is 0 Å². The third kappa shape index (κ3) is 4.59. The van der Waals surface area contributed by atoms with E-state index >= 15 is 0 Å². The molecule has 0 saturated carbocycles. The molecule has 0 unspecified atom stereocenters. The van der Waals surface area contributed by atoms with Crippen molar-refractivity contribution in [2.24, 2.45) is 7.05 Å². The van der Waals surface area contributed by atoms with Crippen molar-refractivity contribution in [1.82, 2.24) is 34.2 Å². The summed E-state index contributed by atoms with van der Waals surface area (Å²) in [7, 11) is 3.54. The highest BCUT2D eigenvalue weighted by Gasteiger charge is 2.26. The summed E-state index contributed by atoms with van der Waals surface area (Å²) in [6.07, 6.45) is 7.16. The number of hydrogen-bond donors (Lipinski definition) is 1. The summed E-state index contributed by atoms with van der Waals surface area (Å²) < 4.78 is 15.2. The molecule has 0 spiro atoms. The topological polar surface area (TPSA) is 126 Å². The van der Waals surface area contributed by atoms with Crippen LogP contribution in [0.4, 0.5) is 5.82 Å². The molecule has 0 radical (unpaired) electrons. The Balaban J connectivity index is 1.36. The summed E-state index contributed by atoms with van der Waals surface area (Å²) in [5.41, 5.74) is 10.9. The Morgan fingerprint density at radius 3 is 2.50 bits per heavy atom. The SMILES string of the molecule is COc1cccc(Oc2ccc(-c3c(-c4cnn(C5CCN(C(C)=O)CC5)c4)n(C)c4ncnc(N)c34)cc2)n1. The van der Waals surface area contributed by atoms with E-state index < -0.39 is 0 Å². The third-order valence-electron chi connectivity index (χ3n) is 7.43. The summed E-state index contributed by atoms with van der Waals surface area (Å²) in [6.45, 7) is 3.09. The Morgan fingerprint density at radius 1 is 1.02 bits per heavy atom. The van der Waals surface area contributed by atoms with Gasteiger partial charge in [-0.15, -0.1) is 0 Å². The third-order valence-corrected chi connectivity index (χ3v) is 7.43. The molecule has 6 rings (SSSR count). The number of nitrogens with two attached hydrogens (primary N) is 1. The van der Waals surface area contributed by atoms with Crippen molar-refractivity contribution in [1.29, 1.82) is 0 Å². The van der Waals surface area contributed by atoms with Crippen LogP contribution in [-0.2, 0) is 11.8 Å². The number of nitrogens with zero attached hydrogens (tertiary/aromatic N) is 7. The van der Waals surface area contributed by atoms with Crippen molar-refractivity contribution in [3.05, 3.63) is 61.2 Å². The molecule has 11 heteroatoms. The molecular formula is C29H30N8O3. The zero-order valence-corrected chi connectivity index (χ0v) is 22.6. The minimum Gasteiger partial charge on any atom is -0.481 e. The van der Waals surface area contributed by atoms with Gasteiger partial charge < -0.3 is 24.7 Å². The number of amides is 1. The van der Waals surface area contributed by atoms with Crippen LogP contribution < -0.4 is 15.2 Å². The van der Waals surface area contributed by atoms with Crippen LogP contribution >= 0.6 is 0 Å². The molecule has 5 aromatic rings. The number of rotatable bonds is 6. The first-order chi connectivity index (χ1) is 19.4. The van der Waals surface area contributed by atoms with E-state index in [1.54, 1.807) is 26.2 Å². The summed E-state index contributed by atoms with van der Waals surface area (Å²) in [4.78, 5) is 26.8. The molecule has 5 heterocycles. The fraction of sp³-hybridized carbons (Fsp3) is 0.276. The second-order valence-corrected chi connectivity index (χ2v) is 9.83. The second kappa shape index (κ2) is 10.3. The van der Waals surface area contributed by atoms with E-state index in [1.807, 2.05) is 57.7 Å².